The van der Waals surface area contributed by atoms with Crippen molar-refractivity contribution >= 4 is 24.1 Å². The molecule has 0 saturated carbocycles. The van der Waals surface area contributed by atoms with Crippen LogP contribution in [-0.2, 0) is 35.0 Å². The van der Waals surface area contributed by atoms with Crippen LogP contribution >= 0.6 is 0 Å². The smallest absolute Gasteiger partial charge is 0.468 e. The molecule has 208 valence electrons. The Bertz CT molecular complexity index is 932. The van der Waals surface area contributed by atoms with E-state index in [0.29, 0.717) is 24.8 Å². The second-order valence-corrected chi connectivity index (χ2v) is 9.30. The number of hydrogen-bond donors (Lipinski definition) is 1. The minimum absolute atomic E-state index is 0.0369. The first-order chi connectivity index (χ1) is 17.4. The van der Waals surface area contributed by atoms with Gasteiger partial charge < -0.3 is 29.4 Å². The normalized spacial score (nSPS) is 14.9. The topological polar surface area (TPSA) is 140 Å². The van der Waals surface area contributed by atoms with E-state index in [0.717, 1.165) is 0 Å². The van der Waals surface area contributed by atoms with Gasteiger partial charge in [-0.25, -0.2) is 4.79 Å². The molecule has 0 aliphatic heterocycles. The fraction of sp³-hybridized carbons (Fsp3) is 0.630. The maximum atomic E-state index is 12.7. The van der Waals surface area contributed by atoms with Gasteiger partial charge in [0.05, 0.1) is 25.6 Å². The van der Waals surface area contributed by atoms with Crippen LogP contribution in [-0.4, -0.2) is 49.4 Å². The van der Waals surface area contributed by atoms with Crippen LogP contribution in [0, 0.1) is 11.8 Å². The van der Waals surface area contributed by atoms with Crippen LogP contribution in [0.5, 0.6) is 11.5 Å². The molecule has 0 spiro atoms. The molecule has 10 nitrogen and oxygen atoms in total. The highest BCUT2D eigenvalue weighted by Crippen LogP contribution is 2.32. The molecule has 10 heteroatoms. The van der Waals surface area contributed by atoms with Crippen molar-refractivity contribution in [2.75, 3.05) is 13.7 Å². The number of nitrogens with two attached hydrogens (primary N) is 1. The monoisotopic (exact) mass is 523 g/mol. The average molecular weight is 524 g/mol. The van der Waals surface area contributed by atoms with Gasteiger partial charge in [0.1, 0.15) is 11.6 Å². The second-order valence-electron chi connectivity index (χ2n) is 9.30. The van der Waals surface area contributed by atoms with Crippen molar-refractivity contribution in [1.82, 2.24) is 0 Å². The Hall–Kier alpha value is -3.14. The van der Waals surface area contributed by atoms with Crippen LogP contribution in [0.3, 0.4) is 0 Å². The highest BCUT2D eigenvalue weighted by molar-refractivity contribution is 5.81. The Morgan fingerprint density at radius 3 is 2.00 bits per heavy atom. The molecule has 37 heavy (non-hydrogen) atoms. The van der Waals surface area contributed by atoms with Gasteiger partial charge in [-0.05, 0) is 43.9 Å². The Morgan fingerprint density at radius 1 is 0.919 bits per heavy atom. The zero-order chi connectivity index (χ0) is 28.2. The molecule has 0 radical (unpaired) electrons. The van der Waals surface area contributed by atoms with Gasteiger partial charge in [-0.3, -0.25) is 14.4 Å². The number of hydrogen-bond acceptors (Lipinski definition) is 10. The van der Waals surface area contributed by atoms with E-state index in [1.54, 1.807) is 26.8 Å². The SMILES string of the molecule is CCCOC(=O)O[C@@H](C)CC(N)(Cc1ccc(OC(=O)C(C)CC)c(OC(=O)C(C)CC)c1)C(=O)OC. The standard InChI is InChI=1S/C27H41NO9/c1-8-13-34-26(32)35-19(6)15-27(28,25(31)33-7)16-20-11-12-21(36-23(29)17(4)9-2)22(14-20)37-24(30)18(5)10-3/h11-12,14,17-19H,8-10,13,15-16,28H2,1-7H3/t17?,18?,19-,27?/m0/s1. The first kappa shape index (κ1) is 31.9. The Labute approximate surface area is 219 Å². The molecule has 2 N–H and O–H groups in total. The molecule has 0 aromatic heterocycles. The van der Waals surface area contributed by atoms with Gasteiger partial charge in [-0.15, -0.1) is 0 Å². The zero-order valence-electron chi connectivity index (χ0n) is 23.0. The van der Waals surface area contributed by atoms with Crippen molar-refractivity contribution in [2.24, 2.45) is 17.6 Å². The third kappa shape index (κ3) is 10.0. The van der Waals surface area contributed by atoms with Crippen molar-refractivity contribution in [3.05, 3.63) is 23.8 Å². The summed E-state index contributed by atoms with van der Waals surface area (Å²) in [7, 11) is 1.21. The molecule has 0 aliphatic carbocycles. The summed E-state index contributed by atoms with van der Waals surface area (Å²) >= 11 is 0. The van der Waals surface area contributed by atoms with Crippen LogP contribution in [0.2, 0.25) is 0 Å². The van der Waals surface area contributed by atoms with Crippen LogP contribution in [0.4, 0.5) is 4.79 Å². The highest BCUT2D eigenvalue weighted by atomic mass is 16.7. The largest absolute Gasteiger partial charge is 0.508 e. The lowest BCUT2D eigenvalue weighted by molar-refractivity contribution is -0.148. The van der Waals surface area contributed by atoms with Gasteiger partial charge >= 0.3 is 24.1 Å². The van der Waals surface area contributed by atoms with Crippen LogP contribution in [0.15, 0.2) is 18.2 Å². The Morgan fingerprint density at radius 2 is 1.49 bits per heavy atom. The van der Waals surface area contributed by atoms with E-state index >= 15 is 0 Å². The molecule has 1 aromatic rings. The minimum Gasteiger partial charge on any atom is -0.468 e. The molecule has 0 heterocycles. The van der Waals surface area contributed by atoms with E-state index in [1.807, 2.05) is 20.8 Å². The molecule has 0 fully saturated rings. The number of carbonyl (C=O) groups is 4. The maximum Gasteiger partial charge on any atom is 0.508 e. The summed E-state index contributed by atoms with van der Waals surface area (Å²) in [5.41, 5.74) is 5.40. The lowest BCUT2D eigenvalue weighted by Crippen LogP contribution is -2.53. The Balaban J connectivity index is 3.26. The van der Waals surface area contributed by atoms with Gasteiger partial charge in [0.2, 0.25) is 0 Å². The number of methoxy groups -OCH3 is 1. The lowest BCUT2D eigenvalue weighted by Gasteiger charge is -2.29. The van der Waals surface area contributed by atoms with Crippen molar-refractivity contribution in [2.45, 2.75) is 85.3 Å². The van der Waals surface area contributed by atoms with Gasteiger partial charge in [0, 0.05) is 12.8 Å². The molecule has 1 aromatic carbocycles. The van der Waals surface area contributed by atoms with E-state index in [4.69, 9.17) is 29.4 Å². The fourth-order valence-corrected chi connectivity index (χ4v) is 3.31. The van der Waals surface area contributed by atoms with Crippen molar-refractivity contribution in [3.63, 3.8) is 0 Å². The second kappa shape index (κ2) is 15.2. The van der Waals surface area contributed by atoms with Gasteiger partial charge in [0.15, 0.2) is 11.5 Å². The van der Waals surface area contributed by atoms with E-state index in [-0.39, 0.29) is 42.8 Å². The molecular weight excluding hydrogens is 482 g/mol. The fourth-order valence-electron chi connectivity index (χ4n) is 3.31. The highest BCUT2D eigenvalue weighted by Gasteiger charge is 2.38. The third-order valence-electron chi connectivity index (χ3n) is 5.94. The zero-order valence-corrected chi connectivity index (χ0v) is 23.0. The van der Waals surface area contributed by atoms with Crippen molar-refractivity contribution in [1.29, 1.82) is 0 Å². The van der Waals surface area contributed by atoms with E-state index in [9.17, 15) is 19.2 Å². The van der Waals surface area contributed by atoms with Crippen LogP contribution < -0.4 is 15.2 Å². The first-order valence-electron chi connectivity index (χ1n) is 12.7. The van der Waals surface area contributed by atoms with Crippen molar-refractivity contribution < 1.29 is 42.9 Å². The lowest BCUT2D eigenvalue weighted by atomic mass is 9.86. The number of ether oxygens (including phenoxy) is 5. The average Bonchev–Trinajstić information content (AvgIpc) is 2.86. The predicted octanol–water partition coefficient (Wildman–Crippen LogP) is 4.34. The van der Waals surface area contributed by atoms with Crippen LogP contribution in [0.25, 0.3) is 0 Å². The summed E-state index contributed by atoms with van der Waals surface area (Å²) in [6.45, 7) is 10.8. The van der Waals surface area contributed by atoms with Gasteiger partial charge in [-0.2, -0.15) is 0 Å². The number of rotatable bonds is 14. The van der Waals surface area contributed by atoms with E-state index in [1.165, 1.54) is 19.2 Å². The summed E-state index contributed by atoms with van der Waals surface area (Å²) in [5.74, 6) is -2.26. The van der Waals surface area contributed by atoms with Crippen molar-refractivity contribution in [3.8, 4) is 11.5 Å². The van der Waals surface area contributed by atoms with Gasteiger partial charge in [-0.1, -0.05) is 40.7 Å². The minimum atomic E-state index is -1.58. The van der Waals surface area contributed by atoms with Gasteiger partial charge in [0.25, 0.3) is 0 Å². The summed E-state index contributed by atoms with van der Waals surface area (Å²) in [4.78, 5) is 49.4. The van der Waals surface area contributed by atoms with Crippen LogP contribution in [0.1, 0.15) is 72.8 Å². The Kier molecular flexibility index (Phi) is 13.1. The summed E-state index contributed by atoms with van der Waals surface area (Å²) < 4.78 is 26.1. The maximum absolute atomic E-state index is 12.7. The number of esters is 3. The molecule has 3 unspecified atom stereocenters. The quantitative estimate of drug-likeness (QED) is 0.276. The third-order valence-corrected chi connectivity index (χ3v) is 5.94. The summed E-state index contributed by atoms with van der Waals surface area (Å²) in [6.07, 6.45) is 0.0745. The molecular formula is C27H41NO9. The molecule has 0 bridgehead atoms. The molecule has 4 atom stereocenters. The molecule has 0 aliphatic rings. The van der Waals surface area contributed by atoms with E-state index in [2.05, 4.69) is 0 Å². The predicted molar refractivity (Wildman–Crippen MR) is 136 cm³/mol. The summed E-state index contributed by atoms with van der Waals surface area (Å²) in [5, 5.41) is 0. The molecule has 0 saturated heterocycles. The number of benzene rings is 1. The first-order valence-corrected chi connectivity index (χ1v) is 12.7. The molecule has 1 rings (SSSR count). The summed E-state index contributed by atoms with van der Waals surface area (Å²) in [6, 6.07) is 4.62. The van der Waals surface area contributed by atoms with E-state index < -0.39 is 35.7 Å². The molecule has 0 amide bonds. The number of carbonyl (C=O) groups excluding carboxylic acids is 4.